The van der Waals surface area contributed by atoms with Crippen LogP contribution in [0.5, 0.6) is 5.88 Å². The Morgan fingerprint density at radius 2 is 2.15 bits per heavy atom. The number of ether oxygens (including phenoxy) is 1. The predicted molar refractivity (Wildman–Crippen MR) is 97.5 cm³/mol. The van der Waals surface area contributed by atoms with E-state index in [0.717, 1.165) is 23.2 Å². The first-order valence-electron chi connectivity index (χ1n) is 8.54. The number of benzene rings is 1. The molecule has 134 valence electrons. The Morgan fingerprint density at radius 1 is 1.31 bits per heavy atom. The van der Waals surface area contributed by atoms with Gasteiger partial charge in [-0.1, -0.05) is 18.2 Å². The van der Waals surface area contributed by atoms with E-state index in [1.165, 1.54) is 0 Å². The molecule has 0 bridgehead atoms. The maximum Gasteiger partial charge on any atom is 0.289 e. The average Bonchev–Trinajstić information content (AvgIpc) is 3.28. The molecular weight excluding hydrogens is 332 g/mol. The van der Waals surface area contributed by atoms with Crippen molar-refractivity contribution >= 4 is 22.7 Å². The number of carbonyl (C=O) groups excluding carboxylic acids is 1. The van der Waals surface area contributed by atoms with Gasteiger partial charge in [-0.25, -0.2) is 0 Å². The Labute approximate surface area is 151 Å². The average molecular weight is 352 g/mol. The molecule has 1 aliphatic rings. The van der Waals surface area contributed by atoms with Crippen molar-refractivity contribution in [1.82, 2.24) is 14.9 Å². The number of amides is 1. The number of furan rings is 1. The van der Waals surface area contributed by atoms with Crippen molar-refractivity contribution in [1.29, 1.82) is 0 Å². The first kappa shape index (κ1) is 16.4. The SMILES string of the molecule is CN(C)c1cncc(O[C@H]2CCN(C(=O)c3cc4ccccc4o3)C2)n1. The molecule has 1 saturated heterocycles. The fourth-order valence-corrected chi connectivity index (χ4v) is 3.03. The smallest absolute Gasteiger partial charge is 0.289 e. The van der Waals surface area contributed by atoms with Crippen LogP contribution in [0.2, 0.25) is 0 Å². The van der Waals surface area contributed by atoms with Crippen molar-refractivity contribution in [2.24, 2.45) is 0 Å². The number of rotatable bonds is 4. The molecule has 1 aliphatic heterocycles. The van der Waals surface area contributed by atoms with Crippen molar-refractivity contribution in [3.8, 4) is 5.88 Å². The summed E-state index contributed by atoms with van der Waals surface area (Å²) in [5.41, 5.74) is 0.721. The van der Waals surface area contributed by atoms with E-state index in [0.29, 0.717) is 24.7 Å². The number of hydrogen-bond acceptors (Lipinski definition) is 6. The Hall–Kier alpha value is -3.09. The zero-order valence-electron chi connectivity index (χ0n) is 14.8. The third-order valence-corrected chi connectivity index (χ3v) is 4.41. The predicted octanol–water partition coefficient (Wildman–Crippen LogP) is 2.58. The summed E-state index contributed by atoms with van der Waals surface area (Å²) in [5, 5.41) is 0.929. The zero-order valence-corrected chi connectivity index (χ0v) is 14.8. The van der Waals surface area contributed by atoms with Crippen LogP contribution in [0.3, 0.4) is 0 Å². The molecule has 26 heavy (non-hydrogen) atoms. The van der Waals surface area contributed by atoms with Gasteiger partial charge in [0.25, 0.3) is 5.91 Å². The second-order valence-corrected chi connectivity index (χ2v) is 6.54. The molecular formula is C19H20N4O3. The molecule has 4 rings (SSSR count). The summed E-state index contributed by atoms with van der Waals surface area (Å²) in [6.45, 7) is 1.13. The lowest BCUT2D eigenvalue weighted by Crippen LogP contribution is -2.30. The summed E-state index contributed by atoms with van der Waals surface area (Å²) in [6.07, 6.45) is 3.92. The van der Waals surface area contributed by atoms with Crippen LogP contribution in [-0.4, -0.2) is 54.1 Å². The molecule has 3 heterocycles. The Morgan fingerprint density at radius 3 is 2.96 bits per heavy atom. The van der Waals surface area contributed by atoms with E-state index >= 15 is 0 Å². The molecule has 2 aromatic heterocycles. The Kier molecular flexibility index (Phi) is 4.20. The summed E-state index contributed by atoms with van der Waals surface area (Å²) in [5.74, 6) is 1.46. The number of nitrogens with zero attached hydrogens (tertiary/aromatic N) is 4. The van der Waals surface area contributed by atoms with Gasteiger partial charge in [-0.2, -0.15) is 4.98 Å². The molecule has 1 atom stereocenters. The van der Waals surface area contributed by atoms with E-state index in [1.807, 2.05) is 43.3 Å². The van der Waals surface area contributed by atoms with Gasteiger partial charge >= 0.3 is 0 Å². The topological polar surface area (TPSA) is 71.7 Å². The van der Waals surface area contributed by atoms with Crippen LogP contribution in [0.1, 0.15) is 17.0 Å². The number of anilines is 1. The molecule has 1 fully saturated rings. The fraction of sp³-hybridized carbons (Fsp3) is 0.316. The Balaban J connectivity index is 1.43. The van der Waals surface area contributed by atoms with Crippen molar-refractivity contribution in [2.75, 3.05) is 32.1 Å². The van der Waals surface area contributed by atoms with Gasteiger partial charge in [0.1, 0.15) is 11.7 Å². The van der Waals surface area contributed by atoms with Crippen LogP contribution in [0.15, 0.2) is 47.1 Å². The van der Waals surface area contributed by atoms with E-state index < -0.39 is 0 Å². The first-order valence-corrected chi connectivity index (χ1v) is 8.54. The van der Waals surface area contributed by atoms with Crippen LogP contribution in [-0.2, 0) is 0 Å². The first-order chi connectivity index (χ1) is 12.6. The van der Waals surface area contributed by atoms with Gasteiger partial charge in [0, 0.05) is 32.4 Å². The van der Waals surface area contributed by atoms with Crippen LogP contribution >= 0.6 is 0 Å². The minimum absolute atomic E-state index is 0.102. The van der Waals surface area contributed by atoms with Gasteiger partial charge < -0.3 is 19.0 Å². The lowest BCUT2D eigenvalue weighted by Gasteiger charge is -2.16. The highest BCUT2D eigenvalue weighted by Crippen LogP contribution is 2.23. The van der Waals surface area contributed by atoms with Gasteiger partial charge in [0.15, 0.2) is 11.6 Å². The van der Waals surface area contributed by atoms with Gasteiger partial charge in [0.05, 0.1) is 18.9 Å². The van der Waals surface area contributed by atoms with E-state index in [-0.39, 0.29) is 12.0 Å². The molecule has 0 aliphatic carbocycles. The van der Waals surface area contributed by atoms with Crippen LogP contribution in [0.4, 0.5) is 5.82 Å². The standard InChI is InChI=1S/C19H20N4O3/c1-22(2)17-10-20-11-18(21-17)25-14-7-8-23(12-14)19(24)16-9-13-5-3-4-6-15(13)26-16/h3-6,9-11,14H,7-8,12H2,1-2H3/t14-/m0/s1. The number of hydrogen-bond donors (Lipinski definition) is 0. The summed E-state index contributed by atoms with van der Waals surface area (Å²) in [6, 6.07) is 9.40. The van der Waals surface area contributed by atoms with E-state index in [1.54, 1.807) is 23.4 Å². The molecule has 0 saturated carbocycles. The van der Waals surface area contributed by atoms with E-state index in [4.69, 9.17) is 9.15 Å². The lowest BCUT2D eigenvalue weighted by molar-refractivity contribution is 0.0742. The molecule has 7 heteroatoms. The van der Waals surface area contributed by atoms with Gasteiger partial charge in [-0.15, -0.1) is 0 Å². The highest BCUT2D eigenvalue weighted by molar-refractivity contribution is 5.96. The number of likely N-dealkylation sites (tertiary alicyclic amines) is 1. The summed E-state index contributed by atoms with van der Waals surface area (Å²) in [7, 11) is 3.80. The third kappa shape index (κ3) is 3.20. The quantitative estimate of drug-likeness (QED) is 0.719. The second-order valence-electron chi connectivity index (χ2n) is 6.54. The largest absolute Gasteiger partial charge is 0.471 e. The molecule has 1 aromatic carbocycles. The number of carbonyl (C=O) groups is 1. The van der Waals surface area contributed by atoms with Crippen molar-refractivity contribution in [3.05, 3.63) is 48.5 Å². The molecule has 0 N–H and O–H groups in total. The minimum atomic E-state index is -0.111. The molecule has 0 radical (unpaired) electrons. The lowest BCUT2D eigenvalue weighted by atomic mass is 10.2. The molecule has 0 unspecified atom stereocenters. The van der Waals surface area contributed by atoms with Gasteiger partial charge in [0.2, 0.25) is 5.88 Å². The maximum absolute atomic E-state index is 12.7. The molecule has 0 spiro atoms. The Bertz CT molecular complexity index is 904. The molecule has 1 amide bonds. The fourth-order valence-electron chi connectivity index (χ4n) is 3.03. The molecule has 3 aromatic rings. The summed E-state index contributed by atoms with van der Waals surface area (Å²) < 4.78 is 11.6. The highest BCUT2D eigenvalue weighted by Gasteiger charge is 2.30. The number of para-hydroxylation sites is 1. The normalized spacial score (nSPS) is 16.8. The second kappa shape index (κ2) is 6.67. The van der Waals surface area contributed by atoms with Gasteiger partial charge in [-0.3, -0.25) is 9.78 Å². The summed E-state index contributed by atoms with van der Waals surface area (Å²) in [4.78, 5) is 24.9. The van der Waals surface area contributed by atoms with Crippen molar-refractivity contribution < 1.29 is 13.9 Å². The maximum atomic E-state index is 12.7. The summed E-state index contributed by atoms with van der Waals surface area (Å²) >= 11 is 0. The van der Waals surface area contributed by atoms with Crippen LogP contribution < -0.4 is 9.64 Å². The molecule has 7 nitrogen and oxygen atoms in total. The van der Waals surface area contributed by atoms with Crippen LogP contribution in [0, 0.1) is 0 Å². The van der Waals surface area contributed by atoms with Crippen molar-refractivity contribution in [2.45, 2.75) is 12.5 Å². The highest BCUT2D eigenvalue weighted by atomic mass is 16.5. The van der Waals surface area contributed by atoms with Crippen molar-refractivity contribution in [3.63, 3.8) is 0 Å². The number of fused-ring (bicyclic) bond motifs is 1. The van der Waals surface area contributed by atoms with Crippen LogP contribution in [0.25, 0.3) is 11.0 Å². The van der Waals surface area contributed by atoms with Gasteiger partial charge in [-0.05, 0) is 12.1 Å². The zero-order chi connectivity index (χ0) is 18.1. The number of aromatic nitrogens is 2. The minimum Gasteiger partial charge on any atom is -0.471 e. The third-order valence-electron chi connectivity index (χ3n) is 4.41. The van der Waals surface area contributed by atoms with E-state index in [9.17, 15) is 4.79 Å². The monoisotopic (exact) mass is 352 g/mol. The van der Waals surface area contributed by atoms with E-state index in [2.05, 4.69) is 9.97 Å².